The van der Waals surface area contributed by atoms with Gasteiger partial charge >= 0.3 is 0 Å². The number of aryl methyl sites for hydroxylation is 1. The van der Waals surface area contributed by atoms with Gasteiger partial charge in [-0.15, -0.1) is 0 Å². The van der Waals surface area contributed by atoms with E-state index in [0.717, 1.165) is 0 Å². The quantitative estimate of drug-likeness (QED) is 0.728. The standard InChI is InChI=1S/C15H23N3O5/c1-11-9-13(17-23-11)15(20)16-12-3-5-18(6-4-12)14(19)10-22-8-7-21-2/h9,12H,3-8,10H2,1-2H3,(H,16,20). The maximum absolute atomic E-state index is 12.0. The number of carbonyl (C=O) groups is 2. The molecule has 128 valence electrons. The molecule has 8 nitrogen and oxygen atoms in total. The summed E-state index contributed by atoms with van der Waals surface area (Å²) in [7, 11) is 1.59. The van der Waals surface area contributed by atoms with Crippen molar-refractivity contribution < 1.29 is 23.6 Å². The number of hydrogen-bond acceptors (Lipinski definition) is 6. The predicted octanol–water partition coefficient (Wildman–Crippen LogP) is 0.367. The third-order valence-corrected chi connectivity index (χ3v) is 3.70. The van der Waals surface area contributed by atoms with Crippen LogP contribution in [0.25, 0.3) is 0 Å². The summed E-state index contributed by atoms with van der Waals surface area (Å²) in [5, 5.41) is 6.62. The Morgan fingerprint density at radius 1 is 1.39 bits per heavy atom. The minimum atomic E-state index is -0.241. The normalized spacial score (nSPS) is 15.7. The van der Waals surface area contributed by atoms with Crippen molar-refractivity contribution in [1.82, 2.24) is 15.4 Å². The summed E-state index contributed by atoms with van der Waals surface area (Å²) in [6.07, 6.45) is 1.43. The first-order chi connectivity index (χ1) is 11.1. The number of rotatable bonds is 7. The Hall–Kier alpha value is -1.93. The SMILES string of the molecule is COCCOCC(=O)N1CCC(NC(=O)c2cc(C)on2)CC1. The van der Waals surface area contributed by atoms with Crippen LogP contribution >= 0.6 is 0 Å². The molecule has 0 radical (unpaired) electrons. The largest absolute Gasteiger partial charge is 0.382 e. The summed E-state index contributed by atoms with van der Waals surface area (Å²) in [6.45, 7) is 3.90. The number of methoxy groups -OCH3 is 1. The van der Waals surface area contributed by atoms with E-state index in [1.807, 2.05) is 0 Å². The van der Waals surface area contributed by atoms with Gasteiger partial charge in [0.15, 0.2) is 5.69 Å². The number of nitrogens with zero attached hydrogens (tertiary/aromatic N) is 2. The van der Waals surface area contributed by atoms with Crippen molar-refractivity contribution >= 4 is 11.8 Å². The first-order valence-electron chi connectivity index (χ1n) is 7.68. The van der Waals surface area contributed by atoms with Crippen LogP contribution in [-0.2, 0) is 14.3 Å². The van der Waals surface area contributed by atoms with Gasteiger partial charge in [-0.2, -0.15) is 0 Å². The summed E-state index contributed by atoms with van der Waals surface area (Å²) in [6, 6.07) is 1.64. The molecule has 1 aromatic heterocycles. The highest BCUT2D eigenvalue weighted by Gasteiger charge is 2.24. The third-order valence-electron chi connectivity index (χ3n) is 3.70. The number of ether oxygens (including phenoxy) is 2. The summed E-state index contributed by atoms with van der Waals surface area (Å²) in [5.74, 6) is 0.330. The molecule has 23 heavy (non-hydrogen) atoms. The fraction of sp³-hybridized carbons (Fsp3) is 0.667. The first-order valence-corrected chi connectivity index (χ1v) is 7.68. The van der Waals surface area contributed by atoms with Crippen molar-refractivity contribution in [1.29, 1.82) is 0 Å². The van der Waals surface area contributed by atoms with Gasteiger partial charge in [0.25, 0.3) is 5.91 Å². The maximum Gasteiger partial charge on any atom is 0.273 e. The van der Waals surface area contributed by atoms with Crippen LogP contribution in [0, 0.1) is 6.92 Å². The lowest BCUT2D eigenvalue weighted by Crippen LogP contribution is -2.47. The van der Waals surface area contributed by atoms with E-state index >= 15 is 0 Å². The Morgan fingerprint density at radius 2 is 2.13 bits per heavy atom. The van der Waals surface area contributed by atoms with E-state index < -0.39 is 0 Å². The van der Waals surface area contributed by atoms with Crippen molar-refractivity contribution in [2.75, 3.05) is 40.0 Å². The van der Waals surface area contributed by atoms with E-state index in [-0.39, 0.29) is 30.2 Å². The topological polar surface area (TPSA) is 93.9 Å². The van der Waals surface area contributed by atoms with Gasteiger partial charge in [0.2, 0.25) is 5.91 Å². The lowest BCUT2D eigenvalue weighted by molar-refractivity contribution is -0.137. The molecule has 1 aliphatic rings. The Labute approximate surface area is 135 Å². The highest BCUT2D eigenvalue weighted by atomic mass is 16.5. The molecule has 2 heterocycles. The molecular weight excluding hydrogens is 302 g/mol. The monoisotopic (exact) mass is 325 g/mol. The third kappa shape index (κ3) is 5.33. The number of amides is 2. The van der Waals surface area contributed by atoms with Crippen LogP contribution in [0.5, 0.6) is 0 Å². The lowest BCUT2D eigenvalue weighted by Gasteiger charge is -2.32. The Balaban J connectivity index is 1.69. The molecule has 1 aliphatic heterocycles. The molecule has 2 rings (SSSR count). The molecule has 0 saturated carbocycles. The van der Waals surface area contributed by atoms with Crippen molar-refractivity contribution in [3.8, 4) is 0 Å². The molecule has 0 unspecified atom stereocenters. The number of piperidine rings is 1. The molecule has 0 atom stereocenters. The fourth-order valence-electron chi connectivity index (χ4n) is 2.40. The highest BCUT2D eigenvalue weighted by Crippen LogP contribution is 2.12. The number of hydrogen-bond donors (Lipinski definition) is 1. The highest BCUT2D eigenvalue weighted by molar-refractivity contribution is 5.92. The van der Waals surface area contributed by atoms with Crippen LogP contribution < -0.4 is 5.32 Å². The van der Waals surface area contributed by atoms with Crippen LogP contribution in [0.15, 0.2) is 10.6 Å². The fourth-order valence-corrected chi connectivity index (χ4v) is 2.40. The lowest BCUT2D eigenvalue weighted by atomic mass is 10.0. The number of likely N-dealkylation sites (tertiary alicyclic amines) is 1. The zero-order valence-corrected chi connectivity index (χ0v) is 13.5. The van der Waals surface area contributed by atoms with E-state index in [1.165, 1.54) is 0 Å². The maximum atomic E-state index is 12.0. The summed E-state index contributed by atoms with van der Waals surface area (Å²) < 4.78 is 15.0. The van der Waals surface area contributed by atoms with E-state index in [1.54, 1.807) is 25.0 Å². The van der Waals surface area contributed by atoms with Crippen molar-refractivity contribution in [2.24, 2.45) is 0 Å². The average molecular weight is 325 g/mol. The van der Waals surface area contributed by atoms with Gasteiger partial charge in [0.05, 0.1) is 13.2 Å². The van der Waals surface area contributed by atoms with E-state index in [9.17, 15) is 9.59 Å². The van der Waals surface area contributed by atoms with Gasteiger partial charge in [-0.25, -0.2) is 0 Å². The zero-order valence-electron chi connectivity index (χ0n) is 13.5. The molecule has 1 saturated heterocycles. The first kappa shape index (κ1) is 17.4. The predicted molar refractivity (Wildman–Crippen MR) is 81.0 cm³/mol. The second-order valence-corrected chi connectivity index (χ2v) is 5.50. The Kier molecular flexibility index (Phi) is 6.54. The number of nitrogens with one attached hydrogen (secondary N) is 1. The summed E-state index contributed by atoms with van der Waals surface area (Å²) in [5.41, 5.74) is 0.285. The van der Waals surface area contributed by atoms with Gasteiger partial charge in [-0.3, -0.25) is 9.59 Å². The van der Waals surface area contributed by atoms with Crippen molar-refractivity contribution in [3.05, 3.63) is 17.5 Å². The summed E-state index contributed by atoms with van der Waals surface area (Å²) in [4.78, 5) is 25.7. The smallest absolute Gasteiger partial charge is 0.273 e. The van der Waals surface area contributed by atoms with E-state index in [0.29, 0.717) is 44.9 Å². The average Bonchev–Trinajstić information content (AvgIpc) is 2.99. The van der Waals surface area contributed by atoms with Crippen molar-refractivity contribution in [2.45, 2.75) is 25.8 Å². The molecule has 0 aromatic carbocycles. The Bertz CT molecular complexity index is 523. The molecule has 0 spiro atoms. The number of aromatic nitrogens is 1. The molecule has 1 N–H and O–H groups in total. The van der Waals surface area contributed by atoms with Crippen LogP contribution in [0.4, 0.5) is 0 Å². The van der Waals surface area contributed by atoms with E-state index in [4.69, 9.17) is 14.0 Å². The second-order valence-electron chi connectivity index (χ2n) is 5.50. The van der Waals surface area contributed by atoms with Gasteiger partial charge in [0, 0.05) is 32.3 Å². The van der Waals surface area contributed by atoms with Crippen LogP contribution in [-0.4, -0.2) is 67.9 Å². The summed E-state index contributed by atoms with van der Waals surface area (Å²) >= 11 is 0. The molecule has 2 amide bonds. The molecule has 0 bridgehead atoms. The Morgan fingerprint density at radius 3 is 2.74 bits per heavy atom. The molecule has 0 aliphatic carbocycles. The molecule has 1 aromatic rings. The molecule has 1 fully saturated rings. The van der Waals surface area contributed by atoms with Gasteiger partial charge in [-0.05, 0) is 19.8 Å². The number of carbonyl (C=O) groups excluding carboxylic acids is 2. The minimum Gasteiger partial charge on any atom is -0.382 e. The van der Waals surface area contributed by atoms with Crippen LogP contribution in [0.2, 0.25) is 0 Å². The van der Waals surface area contributed by atoms with Gasteiger partial charge in [0.1, 0.15) is 12.4 Å². The van der Waals surface area contributed by atoms with Gasteiger partial charge < -0.3 is 24.2 Å². The second kappa shape index (κ2) is 8.64. The molecule has 8 heteroatoms. The van der Waals surface area contributed by atoms with Crippen LogP contribution in [0.3, 0.4) is 0 Å². The molecular formula is C15H23N3O5. The van der Waals surface area contributed by atoms with Crippen LogP contribution in [0.1, 0.15) is 29.1 Å². The zero-order chi connectivity index (χ0) is 16.7. The van der Waals surface area contributed by atoms with Gasteiger partial charge in [-0.1, -0.05) is 5.16 Å². The minimum absolute atomic E-state index is 0.0296. The van der Waals surface area contributed by atoms with Crippen molar-refractivity contribution in [3.63, 3.8) is 0 Å². The van der Waals surface area contributed by atoms with E-state index in [2.05, 4.69) is 10.5 Å².